The number of aliphatic hydroxyl groups is 4. The van der Waals surface area contributed by atoms with Gasteiger partial charge in [-0.2, -0.15) is 0 Å². The Morgan fingerprint density at radius 2 is 1.65 bits per heavy atom. The van der Waals surface area contributed by atoms with Crippen LogP contribution in [0.25, 0.3) is 0 Å². The third-order valence-electron chi connectivity index (χ3n) is 13.7. The van der Waals surface area contributed by atoms with Gasteiger partial charge < -0.3 is 68.1 Å². The Morgan fingerprint density at radius 3 is 2.32 bits per heavy atom. The molecule has 3 aliphatic heterocycles. The fourth-order valence-corrected chi connectivity index (χ4v) is 10.3. The van der Waals surface area contributed by atoms with Crippen molar-refractivity contribution in [1.29, 1.82) is 0 Å². The number of oxime groups is 1. The van der Waals surface area contributed by atoms with E-state index in [4.69, 9.17) is 38.0 Å². The summed E-state index contributed by atoms with van der Waals surface area (Å²) in [5, 5.41) is 58.5. The number of nitrogens with zero attached hydrogens (tertiary/aromatic N) is 5. The number of aromatic nitrogens is 3. The molecule has 0 aliphatic carbocycles. The van der Waals surface area contributed by atoms with E-state index in [-0.39, 0.29) is 25.6 Å². The number of hydrogen-bond acceptors (Lipinski definition) is 19. The zero-order valence-corrected chi connectivity index (χ0v) is 43.8. The van der Waals surface area contributed by atoms with E-state index in [2.05, 4.69) is 27.6 Å². The topological polar surface area (TPSA) is 235 Å². The maximum absolute atomic E-state index is 13.9. The van der Waals surface area contributed by atoms with Crippen molar-refractivity contribution in [3.8, 4) is 0 Å². The van der Waals surface area contributed by atoms with Crippen molar-refractivity contribution in [3.05, 3.63) is 66.0 Å². The highest BCUT2D eigenvalue weighted by molar-refractivity contribution is 7.98. The molecule has 4 heterocycles. The molecule has 0 saturated carbocycles. The first-order chi connectivity index (χ1) is 34.0. The minimum absolute atomic E-state index is 0.00697. The second kappa shape index (κ2) is 28.7. The second-order valence-electron chi connectivity index (χ2n) is 19.2. The van der Waals surface area contributed by atoms with E-state index in [1.54, 1.807) is 56.2 Å². The van der Waals surface area contributed by atoms with Gasteiger partial charge in [0.05, 0.1) is 66.9 Å². The smallest absolute Gasteiger partial charge is 0.308 e. The Kier molecular flexibility index (Phi) is 23.6. The lowest BCUT2D eigenvalue weighted by molar-refractivity contribution is -0.304. The van der Waals surface area contributed by atoms with E-state index in [0.29, 0.717) is 37.3 Å². The van der Waals surface area contributed by atoms with Crippen molar-refractivity contribution in [3.63, 3.8) is 0 Å². The Labute approximate surface area is 423 Å². The standard InChI is InChI=1S/C51H79N5O14S/c1-11-41-36(28-65-51-49(64-10)48(63-9)45(61)34(6)68-51)24-30(2)19-20-39(53-66-23-15-16-37-27-56(54-52-37)29-71-38-17-13-12-14-18-38)31(3)25-35(21-22-57)47(32(4)40(58)26-42(59)69-41)70-50-46(62)43(55(7)8)44(60)33(5)67-50/h12-14,17-20,22,24,27,31-36,40-41,43-51,58,60-62H,11,15-16,21,23,25-26,28-29H2,1-10H3/b20-19+,30-24+,53-39-/t31-,32+,33-,34-,35+,36-,40-,41-,43+,44-,45-,46-,47-,48-,49-,50+,51-/m1/s1. The van der Waals surface area contributed by atoms with Gasteiger partial charge in [0.2, 0.25) is 0 Å². The first-order valence-corrected chi connectivity index (χ1v) is 25.8. The Bertz CT molecular complexity index is 2010. The van der Waals surface area contributed by atoms with Gasteiger partial charge in [-0.25, -0.2) is 4.68 Å². The number of aldehydes is 1. The maximum Gasteiger partial charge on any atom is 0.308 e. The second-order valence-corrected chi connectivity index (χ2v) is 20.3. The Hall–Kier alpha value is -3.64. The van der Waals surface area contributed by atoms with Gasteiger partial charge >= 0.3 is 5.97 Å². The van der Waals surface area contributed by atoms with E-state index in [0.717, 1.165) is 22.4 Å². The van der Waals surface area contributed by atoms with Gasteiger partial charge in [-0.3, -0.25) is 4.79 Å². The van der Waals surface area contributed by atoms with Crippen LogP contribution < -0.4 is 0 Å². The van der Waals surface area contributed by atoms with Crippen molar-refractivity contribution >= 4 is 29.7 Å². The van der Waals surface area contributed by atoms with E-state index in [1.807, 2.05) is 63.4 Å². The number of allylic oxidation sites excluding steroid dienone is 3. The minimum atomic E-state index is -1.32. The number of esters is 1. The van der Waals surface area contributed by atoms with E-state index in [1.165, 1.54) is 14.2 Å². The summed E-state index contributed by atoms with van der Waals surface area (Å²) in [7, 11) is 6.45. The first-order valence-electron chi connectivity index (χ1n) is 24.8. The fourth-order valence-electron chi connectivity index (χ4n) is 9.50. The molecule has 0 bridgehead atoms. The van der Waals surface area contributed by atoms with Crippen LogP contribution in [0.2, 0.25) is 0 Å². The van der Waals surface area contributed by atoms with Gasteiger partial charge in [-0.05, 0) is 84.7 Å². The molecule has 398 valence electrons. The van der Waals surface area contributed by atoms with E-state index >= 15 is 0 Å². The number of carbonyl (C=O) groups excluding carboxylic acids is 2. The molecule has 2 aromatic rings. The number of aryl methyl sites for hydroxylation is 1. The van der Waals surface area contributed by atoms with Crippen molar-refractivity contribution < 1.29 is 68.0 Å². The molecule has 0 spiro atoms. The summed E-state index contributed by atoms with van der Waals surface area (Å²) >= 11 is 1.66. The van der Waals surface area contributed by atoms with Crippen LogP contribution >= 0.6 is 11.8 Å². The summed E-state index contributed by atoms with van der Waals surface area (Å²) in [4.78, 5) is 35.2. The number of rotatable bonds is 19. The number of carbonyl (C=O) groups is 2. The number of hydrogen-bond donors (Lipinski definition) is 4. The molecule has 2 fully saturated rings. The molecule has 20 heteroatoms. The summed E-state index contributed by atoms with van der Waals surface area (Å²) in [6.45, 7) is 11.2. The van der Waals surface area contributed by atoms with Crippen LogP contribution in [-0.4, -0.2) is 179 Å². The predicted molar refractivity (Wildman–Crippen MR) is 265 cm³/mol. The van der Waals surface area contributed by atoms with Gasteiger partial charge in [0.15, 0.2) is 12.6 Å². The van der Waals surface area contributed by atoms with Crippen LogP contribution in [0.15, 0.2) is 70.4 Å². The zero-order valence-electron chi connectivity index (χ0n) is 43.0. The molecule has 3 aliphatic rings. The van der Waals surface area contributed by atoms with Crippen molar-refractivity contribution in [1.82, 2.24) is 19.9 Å². The van der Waals surface area contributed by atoms with Crippen LogP contribution in [-0.2, 0) is 59.9 Å². The van der Waals surface area contributed by atoms with Gasteiger partial charge in [0, 0.05) is 49.5 Å². The molecule has 5 rings (SSSR count). The lowest BCUT2D eigenvalue weighted by Gasteiger charge is -2.46. The molecule has 0 amide bonds. The zero-order chi connectivity index (χ0) is 51.8. The normalized spacial score (nSPS) is 36.5. The summed E-state index contributed by atoms with van der Waals surface area (Å²) in [5.74, 6) is -2.28. The largest absolute Gasteiger partial charge is 0.462 e. The average Bonchev–Trinajstić information content (AvgIpc) is 3.80. The van der Waals surface area contributed by atoms with E-state index < -0.39 is 110 Å². The predicted octanol–water partition coefficient (Wildman–Crippen LogP) is 4.34. The van der Waals surface area contributed by atoms with Gasteiger partial charge in [-0.15, -0.1) is 16.9 Å². The Balaban J connectivity index is 1.44. The fraction of sp³-hybridized carbons (Fsp3) is 0.706. The lowest BCUT2D eigenvalue weighted by Crippen LogP contribution is -2.63. The minimum Gasteiger partial charge on any atom is -0.462 e. The molecule has 0 unspecified atom stereocenters. The highest BCUT2D eigenvalue weighted by atomic mass is 32.2. The molecule has 1 aromatic heterocycles. The van der Waals surface area contributed by atoms with Crippen LogP contribution in [0.1, 0.15) is 79.3 Å². The molecule has 71 heavy (non-hydrogen) atoms. The molecule has 1 aromatic carbocycles. The summed E-state index contributed by atoms with van der Waals surface area (Å²) in [6, 6.07) is 9.34. The number of thioether (sulfide) groups is 1. The van der Waals surface area contributed by atoms with Crippen molar-refractivity contribution in [2.75, 3.05) is 41.5 Å². The number of aliphatic hydroxyl groups excluding tert-OH is 4. The van der Waals surface area contributed by atoms with Crippen LogP contribution in [0, 0.1) is 23.7 Å². The number of cyclic esters (lactones) is 1. The number of ether oxygens (including phenoxy) is 7. The monoisotopic (exact) mass is 1020 g/mol. The van der Waals surface area contributed by atoms with Crippen LogP contribution in [0.3, 0.4) is 0 Å². The van der Waals surface area contributed by atoms with Gasteiger partial charge in [0.25, 0.3) is 0 Å². The molecule has 17 atom stereocenters. The quantitative estimate of drug-likeness (QED) is 0.0504. The third-order valence-corrected chi connectivity index (χ3v) is 14.7. The van der Waals surface area contributed by atoms with E-state index in [9.17, 15) is 30.0 Å². The summed E-state index contributed by atoms with van der Waals surface area (Å²) < 4.78 is 44.4. The summed E-state index contributed by atoms with van der Waals surface area (Å²) in [5.41, 5.74) is 2.18. The molecule has 0 radical (unpaired) electrons. The number of methoxy groups -OCH3 is 2. The molecule has 4 N–H and O–H groups in total. The lowest BCUT2D eigenvalue weighted by atomic mass is 9.79. The third kappa shape index (κ3) is 16.4. The van der Waals surface area contributed by atoms with Gasteiger partial charge in [0.1, 0.15) is 43.4 Å². The highest BCUT2D eigenvalue weighted by Crippen LogP contribution is 2.35. The molecular weight excluding hydrogens is 939 g/mol. The van der Waals surface area contributed by atoms with Crippen LogP contribution in [0.5, 0.6) is 0 Å². The van der Waals surface area contributed by atoms with Crippen LogP contribution in [0.4, 0.5) is 0 Å². The average molecular weight is 1020 g/mol. The van der Waals surface area contributed by atoms with Gasteiger partial charge in [-0.1, -0.05) is 67.1 Å². The van der Waals surface area contributed by atoms with Crippen molar-refractivity contribution in [2.45, 2.75) is 171 Å². The first kappa shape index (κ1) is 58.3. The summed E-state index contributed by atoms with van der Waals surface area (Å²) in [6.07, 6.45) is -1.37. The highest BCUT2D eigenvalue weighted by Gasteiger charge is 2.48. The molecule has 19 nitrogen and oxygen atoms in total. The molecular formula is C51H79N5O14S. The van der Waals surface area contributed by atoms with Crippen molar-refractivity contribution in [2.24, 2.45) is 28.8 Å². The SMILES string of the molecule is CC[C@H]1OC(=O)C[C@@H](O)[C@H](C)[C@@H](O[C@@H]2O[C@H](C)[C@@H](O)[C@H](N(C)C)[C@H]2O)[C@@H](CC=O)C[C@@H](C)C(=N\OCCCc2cn(CSc3ccccc3)nn2)/C=C/C(C)=C/[C@@H]1CO[C@@H]1O[C@H](C)[C@@H](O)[C@@H](OC)[C@H]1OC. The maximum atomic E-state index is 13.9. The number of likely N-dealkylation sites (N-methyl/N-ethyl adjacent to an activating group) is 1. The number of benzene rings is 1. The molecule has 2 saturated heterocycles. The Morgan fingerprint density at radius 1 is 0.944 bits per heavy atom.